The van der Waals surface area contributed by atoms with Gasteiger partial charge in [-0.15, -0.1) is 0 Å². The fourth-order valence-electron chi connectivity index (χ4n) is 2.33. The summed E-state index contributed by atoms with van der Waals surface area (Å²) in [7, 11) is 1.61. The van der Waals surface area contributed by atoms with E-state index in [2.05, 4.69) is 10.5 Å². The number of nitrogens with zero attached hydrogens (tertiary/aromatic N) is 1. The van der Waals surface area contributed by atoms with Crippen molar-refractivity contribution in [1.82, 2.24) is 0 Å². The first-order chi connectivity index (χ1) is 13.1. The smallest absolute Gasteiger partial charge is 0.162 e. The van der Waals surface area contributed by atoms with E-state index in [0.717, 1.165) is 16.8 Å². The lowest BCUT2D eigenvalue weighted by Crippen LogP contribution is -1.99. The molecule has 4 nitrogen and oxygen atoms in total. The predicted molar refractivity (Wildman–Crippen MR) is 111 cm³/mol. The molecule has 138 valence electrons. The Morgan fingerprint density at radius 2 is 1.56 bits per heavy atom. The Morgan fingerprint density at radius 1 is 0.889 bits per heavy atom. The maximum absolute atomic E-state index is 5.91. The summed E-state index contributed by atoms with van der Waals surface area (Å²) in [6.07, 6.45) is 1.71. The fourth-order valence-corrected chi connectivity index (χ4v) is 2.59. The minimum Gasteiger partial charge on any atom is -0.493 e. The van der Waals surface area contributed by atoms with Gasteiger partial charge in [-0.25, -0.2) is 0 Å². The van der Waals surface area contributed by atoms with E-state index in [-0.39, 0.29) is 0 Å². The number of nitrogens with one attached hydrogen (secondary N) is 1. The molecule has 0 heterocycles. The van der Waals surface area contributed by atoms with Gasteiger partial charge in [0, 0.05) is 10.0 Å². The first kappa shape index (κ1) is 19.1. The Morgan fingerprint density at radius 3 is 2.22 bits per heavy atom. The molecule has 0 aromatic heterocycles. The highest BCUT2D eigenvalue weighted by molar-refractivity contribution is 6.30. The molecular formula is C21H18Cl2N2O2. The van der Waals surface area contributed by atoms with Crippen LogP contribution in [0.25, 0.3) is 0 Å². The van der Waals surface area contributed by atoms with Crippen LogP contribution in [0.1, 0.15) is 11.1 Å². The fraction of sp³-hybridized carbons (Fsp3) is 0.0952. The van der Waals surface area contributed by atoms with Crippen LogP contribution in [-0.4, -0.2) is 13.3 Å². The van der Waals surface area contributed by atoms with Crippen molar-refractivity contribution in [3.63, 3.8) is 0 Å². The molecule has 0 atom stereocenters. The molecular weight excluding hydrogens is 383 g/mol. The van der Waals surface area contributed by atoms with Crippen LogP contribution in [0, 0.1) is 0 Å². The van der Waals surface area contributed by atoms with E-state index in [4.69, 9.17) is 32.7 Å². The molecule has 0 spiro atoms. The number of ether oxygens (including phenoxy) is 2. The van der Waals surface area contributed by atoms with Crippen molar-refractivity contribution in [1.29, 1.82) is 0 Å². The van der Waals surface area contributed by atoms with Gasteiger partial charge in [-0.05, 0) is 65.7 Å². The van der Waals surface area contributed by atoms with Gasteiger partial charge in [0.1, 0.15) is 6.61 Å². The van der Waals surface area contributed by atoms with Crippen molar-refractivity contribution in [3.05, 3.63) is 87.9 Å². The van der Waals surface area contributed by atoms with Crippen LogP contribution < -0.4 is 14.9 Å². The van der Waals surface area contributed by atoms with Crippen LogP contribution in [0.3, 0.4) is 0 Å². The van der Waals surface area contributed by atoms with Crippen molar-refractivity contribution in [2.24, 2.45) is 5.10 Å². The Labute approximate surface area is 168 Å². The third-order valence-corrected chi connectivity index (χ3v) is 4.25. The number of hydrogen-bond acceptors (Lipinski definition) is 4. The van der Waals surface area contributed by atoms with E-state index < -0.39 is 0 Å². The first-order valence-corrected chi connectivity index (χ1v) is 8.99. The quantitative estimate of drug-likeness (QED) is 0.389. The molecule has 3 rings (SSSR count). The third kappa shape index (κ3) is 5.64. The summed E-state index contributed by atoms with van der Waals surface area (Å²) in [4.78, 5) is 0. The minimum atomic E-state index is 0.414. The summed E-state index contributed by atoms with van der Waals surface area (Å²) in [6, 6.07) is 20.5. The number of hydrogen-bond donors (Lipinski definition) is 1. The second kappa shape index (κ2) is 9.31. The van der Waals surface area contributed by atoms with Crippen molar-refractivity contribution in [3.8, 4) is 11.5 Å². The van der Waals surface area contributed by atoms with Gasteiger partial charge in [-0.2, -0.15) is 5.10 Å². The lowest BCUT2D eigenvalue weighted by Gasteiger charge is -2.11. The summed E-state index contributed by atoms with van der Waals surface area (Å²) in [5.74, 6) is 1.30. The zero-order valence-electron chi connectivity index (χ0n) is 14.7. The Hall–Kier alpha value is -2.69. The molecule has 0 amide bonds. The van der Waals surface area contributed by atoms with Crippen molar-refractivity contribution >= 4 is 35.1 Å². The largest absolute Gasteiger partial charge is 0.493 e. The molecule has 0 aliphatic rings. The monoisotopic (exact) mass is 400 g/mol. The standard InChI is InChI=1S/C21H18Cl2N2O2/c1-26-20-11-4-16(13-24-25-19-9-7-18(23)8-10-19)12-21(20)27-14-15-2-5-17(22)6-3-15/h2-13,25H,14H2,1H3. The highest BCUT2D eigenvalue weighted by atomic mass is 35.5. The van der Waals surface area contributed by atoms with Crippen molar-refractivity contribution in [2.75, 3.05) is 12.5 Å². The Bertz CT molecular complexity index is 910. The van der Waals surface area contributed by atoms with E-state index in [0.29, 0.717) is 28.2 Å². The molecule has 0 fully saturated rings. The highest BCUT2D eigenvalue weighted by Crippen LogP contribution is 2.28. The number of halogens is 2. The maximum Gasteiger partial charge on any atom is 0.162 e. The average Bonchev–Trinajstić information content (AvgIpc) is 2.69. The van der Waals surface area contributed by atoms with Gasteiger partial charge in [0.25, 0.3) is 0 Å². The first-order valence-electron chi connectivity index (χ1n) is 8.24. The number of anilines is 1. The molecule has 27 heavy (non-hydrogen) atoms. The van der Waals surface area contributed by atoms with Gasteiger partial charge in [-0.3, -0.25) is 5.43 Å². The zero-order valence-corrected chi connectivity index (χ0v) is 16.2. The van der Waals surface area contributed by atoms with Gasteiger partial charge in [0.15, 0.2) is 11.5 Å². The van der Waals surface area contributed by atoms with Crippen LogP contribution in [0.5, 0.6) is 11.5 Å². The molecule has 0 radical (unpaired) electrons. The van der Waals surface area contributed by atoms with E-state index in [1.165, 1.54) is 0 Å². The van der Waals surface area contributed by atoms with Crippen molar-refractivity contribution in [2.45, 2.75) is 6.61 Å². The number of hydrazone groups is 1. The zero-order chi connectivity index (χ0) is 19.1. The molecule has 3 aromatic rings. The van der Waals surface area contributed by atoms with Gasteiger partial charge < -0.3 is 9.47 Å². The molecule has 6 heteroatoms. The van der Waals surface area contributed by atoms with Crippen LogP contribution in [0.15, 0.2) is 71.8 Å². The lowest BCUT2D eigenvalue weighted by atomic mass is 10.2. The van der Waals surface area contributed by atoms with Crippen molar-refractivity contribution < 1.29 is 9.47 Å². The number of rotatable bonds is 7. The molecule has 0 saturated carbocycles. The van der Waals surface area contributed by atoms with Gasteiger partial charge in [0.2, 0.25) is 0 Å². The molecule has 0 unspecified atom stereocenters. The summed E-state index contributed by atoms with van der Waals surface area (Å²) < 4.78 is 11.3. The van der Waals surface area contributed by atoms with E-state index in [1.54, 1.807) is 25.5 Å². The summed E-state index contributed by atoms with van der Waals surface area (Å²) in [5.41, 5.74) is 5.70. The summed E-state index contributed by atoms with van der Waals surface area (Å²) in [5, 5.41) is 5.62. The van der Waals surface area contributed by atoms with Gasteiger partial charge in [0.05, 0.1) is 19.0 Å². The van der Waals surface area contributed by atoms with E-state index in [1.807, 2.05) is 54.6 Å². The summed E-state index contributed by atoms with van der Waals surface area (Å²) >= 11 is 11.8. The second-order valence-electron chi connectivity index (χ2n) is 5.70. The van der Waals surface area contributed by atoms with Crippen LogP contribution in [-0.2, 0) is 6.61 Å². The SMILES string of the molecule is COc1ccc(C=NNc2ccc(Cl)cc2)cc1OCc1ccc(Cl)cc1. The third-order valence-electron chi connectivity index (χ3n) is 3.75. The molecule has 3 aromatic carbocycles. The molecule has 0 bridgehead atoms. The Kier molecular flexibility index (Phi) is 6.58. The van der Waals surface area contributed by atoms with Crippen LogP contribution in [0.4, 0.5) is 5.69 Å². The topological polar surface area (TPSA) is 42.8 Å². The van der Waals surface area contributed by atoms with Gasteiger partial charge in [-0.1, -0.05) is 35.3 Å². The molecule has 0 aliphatic carbocycles. The molecule has 0 saturated heterocycles. The van der Waals surface area contributed by atoms with E-state index >= 15 is 0 Å². The molecule has 0 aliphatic heterocycles. The van der Waals surface area contributed by atoms with Crippen LogP contribution >= 0.6 is 23.2 Å². The lowest BCUT2D eigenvalue weighted by molar-refractivity contribution is 0.284. The summed E-state index contributed by atoms with van der Waals surface area (Å²) in [6.45, 7) is 0.414. The average molecular weight is 401 g/mol. The Balaban J connectivity index is 1.67. The van der Waals surface area contributed by atoms with Gasteiger partial charge >= 0.3 is 0 Å². The number of benzene rings is 3. The maximum atomic E-state index is 5.91. The number of methoxy groups -OCH3 is 1. The van der Waals surface area contributed by atoms with Crippen LogP contribution in [0.2, 0.25) is 10.0 Å². The highest BCUT2D eigenvalue weighted by Gasteiger charge is 2.06. The second-order valence-corrected chi connectivity index (χ2v) is 6.58. The normalized spacial score (nSPS) is 10.8. The van der Waals surface area contributed by atoms with E-state index in [9.17, 15) is 0 Å². The predicted octanol–water partition coefficient (Wildman–Crippen LogP) is 6.03. The minimum absolute atomic E-state index is 0.414. The molecule has 1 N–H and O–H groups in total.